The van der Waals surface area contributed by atoms with Gasteiger partial charge in [-0.05, 0) is 18.6 Å². The van der Waals surface area contributed by atoms with Crippen LogP contribution in [0.15, 0.2) is 29.2 Å². The highest BCUT2D eigenvalue weighted by molar-refractivity contribution is 6.30. The molecule has 2 aromatic rings. The first-order valence-corrected chi connectivity index (χ1v) is 9.05. The first-order valence-electron chi connectivity index (χ1n) is 8.67. The van der Waals surface area contributed by atoms with Gasteiger partial charge in [-0.15, -0.1) is 10.2 Å². The molecule has 1 amide bonds. The Kier molecular flexibility index (Phi) is 6.43. The number of nitrogens with one attached hydrogen (secondary N) is 1. The highest BCUT2D eigenvalue weighted by Crippen LogP contribution is 2.28. The lowest BCUT2D eigenvalue weighted by atomic mass is 10.1. The van der Waals surface area contributed by atoms with Crippen molar-refractivity contribution in [1.29, 1.82) is 0 Å². The normalized spacial score (nSPS) is 15.6. The van der Waals surface area contributed by atoms with Crippen LogP contribution < -0.4 is 10.1 Å². The van der Waals surface area contributed by atoms with Crippen molar-refractivity contribution in [3.63, 3.8) is 0 Å². The van der Waals surface area contributed by atoms with E-state index in [0.29, 0.717) is 12.0 Å². The van der Waals surface area contributed by atoms with E-state index in [1.54, 1.807) is 0 Å². The van der Waals surface area contributed by atoms with E-state index in [1.165, 1.54) is 17.0 Å². The highest BCUT2D eigenvalue weighted by atomic mass is 35.5. The van der Waals surface area contributed by atoms with Gasteiger partial charge in [-0.2, -0.15) is 0 Å². The number of carbonyl (C=O) groups is 1. The Bertz CT molecular complexity index is 898. The molecule has 156 valence electrons. The summed E-state index contributed by atoms with van der Waals surface area (Å²) in [6.07, 6.45) is 0.338. The maximum absolute atomic E-state index is 13.3. The molecule has 0 saturated carbocycles. The van der Waals surface area contributed by atoms with E-state index in [-0.39, 0.29) is 55.3 Å². The number of nitrogens with zero attached hydrogens (tertiary/aromatic N) is 3. The van der Waals surface area contributed by atoms with Gasteiger partial charge in [0.15, 0.2) is 6.61 Å². The zero-order chi connectivity index (χ0) is 21.0. The molecule has 2 heterocycles. The van der Waals surface area contributed by atoms with Crippen molar-refractivity contribution in [3.8, 4) is 5.75 Å². The van der Waals surface area contributed by atoms with Crippen LogP contribution in [0.2, 0.25) is 5.02 Å². The Morgan fingerprint density at radius 2 is 2.14 bits per heavy atom. The smallest absolute Gasteiger partial charge is 0.272 e. The molecule has 3 rings (SSSR count). The molecule has 1 aromatic carbocycles. The Hall–Kier alpha value is -2.59. The Morgan fingerprint density at radius 3 is 2.83 bits per heavy atom. The van der Waals surface area contributed by atoms with Crippen LogP contribution in [0, 0.1) is 5.82 Å². The lowest BCUT2D eigenvalue weighted by Crippen LogP contribution is -2.55. The average molecular weight is 431 g/mol. The monoisotopic (exact) mass is 430 g/mol. The number of carbonyl (C=O) groups excluding carboxylic acids is 1. The van der Waals surface area contributed by atoms with E-state index in [2.05, 4.69) is 22.1 Å². The minimum absolute atomic E-state index is 0.0349. The first-order chi connectivity index (χ1) is 13.7. The summed E-state index contributed by atoms with van der Waals surface area (Å²) >= 11 is 5.57. The van der Waals surface area contributed by atoms with Crippen LogP contribution in [0.1, 0.15) is 18.2 Å². The number of benzene rings is 1. The summed E-state index contributed by atoms with van der Waals surface area (Å²) in [5.41, 5.74) is 0.499. The SMILES string of the molecule is C=C(CCNC(=O)COc1ccc(Cl)c(F)c1)c1nnc(CN2CC(F)(F)C2)o1. The summed E-state index contributed by atoms with van der Waals surface area (Å²) in [4.78, 5) is 13.3. The van der Waals surface area contributed by atoms with Crippen molar-refractivity contribution in [1.82, 2.24) is 20.4 Å². The molecule has 0 unspecified atom stereocenters. The maximum atomic E-state index is 13.3. The molecule has 1 N–H and O–H groups in total. The molecule has 1 saturated heterocycles. The van der Waals surface area contributed by atoms with E-state index in [4.69, 9.17) is 20.8 Å². The number of rotatable bonds is 9. The number of amides is 1. The molecule has 11 heteroatoms. The molecule has 1 aliphatic heterocycles. The van der Waals surface area contributed by atoms with Crippen molar-refractivity contribution in [2.45, 2.75) is 18.9 Å². The van der Waals surface area contributed by atoms with Crippen molar-refractivity contribution >= 4 is 23.1 Å². The lowest BCUT2D eigenvalue weighted by Gasteiger charge is -2.37. The van der Waals surface area contributed by atoms with Crippen molar-refractivity contribution in [2.75, 3.05) is 26.2 Å². The Labute approximate surface area is 169 Å². The summed E-state index contributed by atoms with van der Waals surface area (Å²) in [5, 5.41) is 10.2. The number of hydrogen-bond acceptors (Lipinski definition) is 6. The highest BCUT2D eigenvalue weighted by Gasteiger charge is 2.44. The van der Waals surface area contributed by atoms with Gasteiger partial charge >= 0.3 is 0 Å². The van der Waals surface area contributed by atoms with Crippen molar-refractivity contribution in [2.24, 2.45) is 0 Å². The van der Waals surface area contributed by atoms with Crippen molar-refractivity contribution < 1.29 is 27.1 Å². The number of likely N-dealkylation sites (tertiary alicyclic amines) is 1. The molecule has 0 aliphatic carbocycles. The lowest BCUT2D eigenvalue weighted by molar-refractivity contribution is -0.135. The average Bonchev–Trinajstić information content (AvgIpc) is 3.10. The molecule has 0 atom stereocenters. The zero-order valence-corrected chi connectivity index (χ0v) is 16.0. The fourth-order valence-electron chi connectivity index (χ4n) is 2.60. The van der Waals surface area contributed by atoms with Crippen LogP contribution in [0.25, 0.3) is 5.57 Å². The molecule has 0 radical (unpaired) electrons. The molecule has 1 aromatic heterocycles. The van der Waals surface area contributed by atoms with Crippen LogP contribution in [0.4, 0.5) is 13.2 Å². The van der Waals surface area contributed by atoms with Gasteiger partial charge in [-0.25, -0.2) is 13.2 Å². The van der Waals surface area contributed by atoms with Crippen molar-refractivity contribution in [3.05, 3.63) is 47.4 Å². The van der Waals surface area contributed by atoms with Gasteiger partial charge in [0.1, 0.15) is 11.6 Å². The molecule has 0 spiro atoms. The summed E-state index contributed by atoms with van der Waals surface area (Å²) in [7, 11) is 0. The summed E-state index contributed by atoms with van der Waals surface area (Å²) < 4.78 is 49.6. The van der Waals surface area contributed by atoms with E-state index >= 15 is 0 Å². The molecule has 29 heavy (non-hydrogen) atoms. The van der Waals surface area contributed by atoms with Gasteiger partial charge in [0, 0.05) is 18.2 Å². The van der Waals surface area contributed by atoms with Gasteiger partial charge in [-0.3, -0.25) is 9.69 Å². The third kappa shape index (κ3) is 5.94. The standard InChI is InChI=1S/C18H18ClF3N4O3/c1-11(17-25-24-16(29-17)7-26-9-18(21,22)10-26)4-5-23-15(27)8-28-12-2-3-13(19)14(20)6-12/h2-3,6H,1,4-5,7-10H2,(H,23,27). The predicted molar refractivity (Wildman–Crippen MR) is 98.1 cm³/mol. The van der Waals surface area contributed by atoms with Gasteiger partial charge < -0.3 is 14.5 Å². The molecule has 0 bridgehead atoms. The van der Waals surface area contributed by atoms with Gasteiger partial charge in [-0.1, -0.05) is 18.2 Å². The fourth-order valence-corrected chi connectivity index (χ4v) is 2.72. The Morgan fingerprint density at radius 1 is 1.38 bits per heavy atom. The second-order valence-electron chi connectivity index (χ2n) is 6.57. The first kappa shape index (κ1) is 21.1. The van der Waals surface area contributed by atoms with Gasteiger partial charge in [0.25, 0.3) is 11.8 Å². The number of ether oxygens (including phenoxy) is 1. The van der Waals surface area contributed by atoms with E-state index in [1.807, 2.05) is 0 Å². The Balaban J connectivity index is 1.36. The van der Waals surface area contributed by atoms with Gasteiger partial charge in [0.2, 0.25) is 11.8 Å². The topological polar surface area (TPSA) is 80.5 Å². The second-order valence-corrected chi connectivity index (χ2v) is 6.98. The molecule has 7 nitrogen and oxygen atoms in total. The predicted octanol–water partition coefficient (Wildman–Crippen LogP) is 2.91. The quantitative estimate of drug-likeness (QED) is 0.659. The maximum Gasteiger partial charge on any atom is 0.272 e. The van der Waals surface area contributed by atoms with Crippen LogP contribution >= 0.6 is 11.6 Å². The minimum atomic E-state index is -2.66. The number of aromatic nitrogens is 2. The number of alkyl halides is 2. The fraction of sp³-hybridized carbons (Fsp3) is 0.389. The third-order valence-electron chi connectivity index (χ3n) is 4.05. The van der Waals surface area contributed by atoms with Crippen LogP contribution in [0.5, 0.6) is 5.75 Å². The largest absolute Gasteiger partial charge is 0.484 e. The second kappa shape index (κ2) is 8.83. The van der Waals surface area contributed by atoms with E-state index < -0.39 is 17.6 Å². The molecular weight excluding hydrogens is 413 g/mol. The van der Waals surface area contributed by atoms with E-state index in [0.717, 1.165) is 6.07 Å². The molecular formula is C18H18ClF3N4O3. The zero-order valence-electron chi connectivity index (χ0n) is 15.3. The van der Waals surface area contributed by atoms with E-state index in [9.17, 15) is 18.0 Å². The summed E-state index contributed by atoms with van der Waals surface area (Å²) in [6, 6.07) is 3.88. The minimum Gasteiger partial charge on any atom is -0.484 e. The number of hydrogen-bond donors (Lipinski definition) is 1. The molecule has 1 aliphatic rings. The van der Waals surface area contributed by atoms with Crippen LogP contribution in [-0.2, 0) is 11.3 Å². The van der Waals surface area contributed by atoms with Crippen LogP contribution in [0.3, 0.4) is 0 Å². The number of halogens is 4. The van der Waals surface area contributed by atoms with Gasteiger partial charge in [0.05, 0.1) is 24.7 Å². The summed E-state index contributed by atoms with van der Waals surface area (Å²) in [5.74, 6) is -3.10. The summed E-state index contributed by atoms with van der Waals surface area (Å²) in [6.45, 7) is 3.25. The third-order valence-corrected chi connectivity index (χ3v) is 4.35. The van der Waals surface area contributed by atoms with Crippen LogP contribution in [-0.4, -0.2) is 53.2 Å². The molecule has 1 fully saturated rings.